The maximum atomic E-state index is 12.6. The first-order valence-electron chi connectivity index (χ1n) is 8.45. The van der Waals surface area contributed by atoms with E-state index in [2.05, 4.69) is 14.9 Å². The summed E-state index contributed by atoms with van der Waals surface area (Å²) in [7, 11) is -3.81. The van der Waals surface area contributed by atoms with Gasteiger partial charge in [-0.05, 0) is 42.8 Å². The predicted molar refractivity (Wildman–Crippen MR) is 109 cm³/mol. The number of hydrogen-bond acceptors (Lipinski definition) is 6. The van der Waals surface area contributed by atoms with Crippen molar-refractivity contribution in [1.82, 2.24) is 10.2 Å². The second kappa shape index (κ2) is 7.50. The summed E-state index contributed by atoms with van der Waals surface area (Å²) in [6.45, 7) is 0.654. The summed E-state index contributed by atoms with van der Waals surface area (Å²) < 4.78 is 27.7. The summed E-state index contributed by atoms with van der Waals surface area (Å²) in [6, 6.07) is 13.3. The van der Waals surface area contributed by atoms with Crippen molar-refractivity contribution in [2.45, 2.75) is 17.7 Å². The van der Waals surface area contributed by atoms with Crippen molar-refractivity contribution in [2.75, 3.05) is 16.2 Å². The molecule has 2 heterocycles. The van der Waals surface area contributed by atoms with Crippen molar-refractivity contribution in [3.63, 3.8) is 0 Å². The lowest BCUT2D eigenvalue weighted by Gasteiger charge is -2.15. The first-order chi connectivity index (χ1) is 13.4. The van der Waals surface area contributed by atoms with Gasteiger partial charge in [-0.3, -0.25) is 9.52 Å². The van der Waals surface area contributed by atoms with Gasteiger partial charge in [-0.25, -0.2) is 8.42 Å². The van der Waals surface area contributed by atoms with E-state index in [0.717, 1.165) is 23.3 Å². The molecule has 1 amide bonds. The van der Waals surface area contributed by atoms with Gasteiger partial charge in [-0.2, -0.15) is 0 Å². The van der Waals surface area contributed by atoms with Gasteiger partial charge in [-0.1, -0.05) is 35.1 Å². The van der Waals surface area contributed by atoms with Crippen LogP contribution in [0.25, 0.3) is 10.6 Å². The minimum atomic E-state index is -3.81. The highest BCUT2D eigenvalue weighted by Crippen LogP contribution is 2.29. The molecule has 1 N–H and O–H groups in total. The molecule has 10 heteroatoms. The number of sulfonamides is 1. The molecule has 144 valence electrons. The van der Waals surface area contributed by atoms with Gasteiger partial charge in [0.25, 0.3) is 10.0 Å². The highest BCUT2D eigenvalue weighted by atomic mass is 35.5. The zero-order valence-corrected chi connectivity index (χ0v) is 16.9. The maximum absolute atomic E-state index is 12.6. The fourth-order valence-electron chi connectivity index (χ4n) is 2.87. The Balaban J connectivity index is 1.51. The number of benzene rings is 2. The van der Waals surface area contributed by atoms with Crippen molar-refractivity contribution in [3.8, 4) is 10.6 Å². The second-order valence-electron chi connectivity index (χ2n) is 6.17. The van der Waals surface area contributed by atoms with E-state index < -0.39 is 10.0 Å². The van der Waals surface area contributed by atoms with Crippen molar-refractivity contribution in [3.05, 3.63) is 53.6 Å². The van der Waals surface area contributed by atoms with Gasteiger partial charge in [0.15, 0.2) is 0 Å². The molecular formula is C18H15ClN4O3S2. The number of anilines is 2. The molecule has 28 heavy (non-hydrogen) atoms. The Morgan fingerprint density at radius 1 is 1.04 bits per heavy atom. The zero-order valence-electron chi connectivity index (χ0n) is 14.5. The smallest absolute Gasteiger partial charge is 0.263 e. The molecule has 0 aliphatic carbocycles. The molecule has 1 saturated heterocycles. The van der Waals surface area contributed by atoms with E-state index in [1.807, 2.05) is 0 Å². The van der Waals surface area contributed by atoms with Gasteiger partial charge in [0.05, 0.1) is 4.90 Å². The lowest BCUT2D eigenvalue weighted by molar-refractivity contribution is -0.117. The number of nitrogens with one attached hydrogen (secondary N) is 1. The van der Waals surface area contributed by atoms with Crippen molar-refractivity contribution >= 4 is 49.7 Å². The summed E-state index contributed by atoms with van der Waals surface area (Å²) in [5.74, 6) is 0.0531. The summed E-state index contributed by atoms with van der Waals surface area (Å²) in [4.78, 5) is 13.6. The number of carbonyl (C=O) groups is 1. The molecule has 0 spiro atoms. The van der Waals surface area contributed by atoms with Crippen LogP contribution >= 0.6 is 22.9 Å². The summed E-state index contributed by atoms with van der Waals surface area (Å²) in [5.41, 5.74) is 1.49. The fourth-order valence-corrected chi connectivity index (χ4v) is 4.98. The predicted octanol–water partition coefficient (Wildman–Crippen LogP) is 3.79. The Labute approximate surface area is 171 Å². The van der Waals surface area contributed by atoms with Crippen LogP contribution in [0.4, 0.5) is 10.8 Å². The molecule has 0 atom stereocenters. The Morgan fingerprint density at radius 3 is 2.39 bits per heavy atom. The molecule has 4 rings (SSSR count). The minimum Gasteiger partial charge on any atom is -0.312 e. The van der Waals surface area contributed by atoms with E-state index in [9.17, 15) is 13.2 Å². The van der Waals surface area contributed by atoms with E-state index in [1.165, 1.54) is 12.1 Å². The van der Waals surface area contributed by atoms with Crippen LogP contribution in [0, 0.1) is 0 Å². The molecule has 0 unspecified atom stereocenters. The zero-order chi connectivity index (χ0) is 19.7. The topological polar surface area (TPSA) is 92.3 Å². The molecule has 1 fully saturated rings. The van der Waals surface area contributed by atoms with Gasteiger partial charge in [0, 0.05) is 29.2 Å². The molecule has 2 aromatic carbocycles. The van der Waals surface area contributed by atoms with Crippen LogP contribution in [0.3, 0.4) is 0 Å². The lowest BCUT2D eigenvalue weighted by Crippen LogP contribution is -2.23. The number of nitrogens with zero attached hydrogens (tertiary/aromatic N) is 3. The SMILES string of the molecule is O=C1CCCN1c1ccc(S(=O)(=O)Nc2nnc(-c3ccc(Cl)cc3)s2)cc1. The molecular weight excluding hydrogens is 420 g/mol. The lowest BCUT2D eigenvalue weighted by atomic mass is 10.2. The summed E-state index contributed by atoms with van der Waals surface area (Å²) in [5, 5.41) is 9.29. The number of aromatic nitrogens is 2. The van der Waals surface area contributed by atoms with Gasteiger partial charge in [-0.15, -0.1) is 10.2 Å². The number of rotatable bonds is 5. The second-order valence-corrected chi connectivity index (χ2v) is 9.26. The van der Waals surface area contributed by atoms with Crippen LogP contribution in [0.2, 0.25) is 5.02 Å². The van der Waals surface area contributed by atoms with E-state index >= 15 is 0 Å². The molecule has 3 aromatic rings. The van der Waals surface area contributed by atoms with Crippen molar-refractivity contribution < 1.29 is 13.2 Å². The van der Waals surface area contributed by atoms with E-state index in [-0.39, 0.29) is 15.9 Å². The third-order valence-corrected chi connectivity index (χ3v) is 6.89. The Bertz CT molecular complexity index is 1110. The number of hydrogen-bond donors (Lipinski definition) is 1. The van der Waals surface area contributed by atoms with E-state index in [4.69, 9.17) is 11.6 Å². The largest absolute Gasteiger partial charge is 0.312 e. The van der Waals surface area contributed by atoms with Gasteiger partial charge in [0.2, 0.25) is 11.0 Å². The standard InChI is InChI=1S/C18H15ClN4O3S2/c19-13-5-3-12(4-6-13)17-20-21-18(27-17)22-28(25,26)15-9-7-14(8-10-15)23-11-1-2-16(23)24/h3-10H,1-2,11H2,(H,21,22). The Morgan fingerprint density at radius 2 is 1.75 bits per heavy atom. The average Bonchev–Trinajstić information content (AvgIpc) is 3.31. The van der Waals surface area contributed by atoms with Crippen molar-refractivity contribution in [2.24, 2.45) is 0 Å². The quantitative estimate of drug-likeness (QED) is 0.659. The summed E-state index contributed by atoms with van der Waals surface area (Å²) in [6.07, 6.45) is 1.34. The highest BCUT2D eigenvalue weighted by molar-refractivity contribution is 7.93. The maximum Gasteiger partial charge on any atom is 0.263 e. The van der Waals surface area contributed by atoms with E-state index in [0.29, 0.717) is 28.7 Å². The first-order valence-corrected chi connectivity index (χ1v) is 11.1. The molecule has 1 aromatic heterocycles. The monoisotopic (exact) mass is 434 g/mol. The molecule has 0 radical (unpaired) electrons. The first kappa shape index (κ1) is 18.9. The van der Waals surface area contributed by atoms with Crippen LogP contribution < -0.4 is 9.62 Å². The van der Waals surface area contributed by atoms with Crippen LogP contribution in [0.5, 0.6) is 0 Å². The third kappa shape index (κ3) is 3.87. The van der Waals surface area contributed by atoms with Crippen LogP contribution in [-0.4, -0.2) is 31.1 Å². The molecule has 1 aliphatic heterocycles. The fraction of sp³-hybridized carbons (Fsp3) is 0.167. The molecule has 1 aliphatic rings. The normalized spacial score (nSPS) is 14.5. The number of carbonyl (C=O) groups excluding carboxylic acids is 1. The number of halogens is 1. The third-order valence-electron chi connectivity index (χ3n) is 4.27. The van der Waals surface area contributed by atoms with Crippen LogP contribution in [0.15, 0.2) is 53.4 Å². The van der Waals surface area contributed by atoms with Crippen molar-refractivity contribution in [1.29, 1.82) is 0 Å². The van der Waals surface area contributed by atoms with E-state index in [1.54, 1.807) is 41.3 Å². The van der Waals surface area contributed by atoms with Crippen LogP contribution in [0.1, 0.15) is 12.8 Å². The molecule has 7 nitrogen and oxygen atoms in total. The number of amides is 1. The Kier molecular flexibility index (Phi) is 5.05. The minimum absolute atomic E-state index is 0.0531. The average molecular weight is 435 g/mol. The van der Waals surface area contributed by atoms with Crippen LogP contribution in [-0.2, 0) is 14.8 Å². The summed E-state index contributed by atoms with van der Waals surface area (Å²) >= 11 is 7.00. The van der Waals surface area contributed by atoms with Gasteiger partial charge < -0.3 is 4.90 Å². The molecule has 0 saturated carbocycles. The highest BCUT2D eigenvalue weighted by Gasteiger charge is 2.23. The molecule has 0 bridgehead atoms. The Hall–Kier alpha value is -2.49. The van der Waals surface area contributed by atoms with Gasteiger partial charge in [0.1, 0.15) is 5.01 Å². The van der Waals surface area contributed by atoms with Gasteiger partial charge >= 0.3 is 0 Å².